The smallest absolute Gasteiger partial charge is 0.315 e. The van der Waals surface area contributed by atoms with Gasteiger partial charge in [0.2, 0.25) is 0 Å². The molecule has 1 aliphatic carbocycles. The predicted molar refractivity (Wildman–Crippen MR) is 43.5 cm³/mol. The highest BCUT2D eigenvalue weighted by Crippen LogP contribution is 2.51. The molecule has 0 aromatic heterocycles. The van der Waals surface area contributed by atoms with Crippen LogP contribution in [0.5, 0.6) is 0 Å². The molecular formula is C7H11BrO3. The molecule has 2 atom stereocenters. The minimum atomic E-state index is -0.629. The number of carbonyl (C=O) groups is 1. The molecule has 1 aliphatic rings. The average Bonchev–Trinajstić information content (AvgIpc) is 2.63. The summed E-state index contributed by atoms with van der Waals surface area (Å²) < 4.78 is 4.80. The second kappa shape index (κ2) is 3.11. The molecule has 0 amide bonds. The SMILES string of the molecule is CCOC(=O)C1(CO)CC1Br. The molecule has 0 spiro atoms. The molecule has 1 saturated carbocycles. The van der Waals surface area contributed by atoms with Gasteiger partial charge in [0.15, 0.2) is 0 Å². The molecule has 2 unspecified atom stereocenters. The Morgan fingerprint density at radius 3 is 2.73 bits per heavy atom. The van der Waals surface area contributed by atoms with Crippen LogP contribution in [0.1, 0.15) is 13.3 Å². The lowest BCUT2D eigenvalue weighted by molar-refractivity contribution is -0.151. The first-order valence-electron chi connectivity index (χ1n) is 3.59. The van der Waals surface area contributed by atoms with Crippen LogP contribution < -0.4 is 0 Å². The second-order valence-electron chi connectivity index (χ2n) is 2.71. The summed E-state index contributed by atoms with van der Waals surface area (Å²) in [4.78, 5) is 11.3. The van der Waals surface area contributed by atoms with Crippen LogP contribution in [0.25, 0.3) is 0 Å². The molecule has 1 fully saturated rings. The van der Waals surface area contributed by atoms with Gasteiger partial charge in [0.05, 0.1) is 13.2 Å². The van der Waals surface area contributed by atoms with Gasteiger partial charge in [-0.3, -0.25) is 4.79 Å². The highest BCUT2D eigenvalue weighted by atomic mass is 79.9. The maximum Gasteiger partial charge on any atom is 0.315 e. The third kappa shape index (κ3) is 1.42. The van der Waals surface area contributed by atoms with Gasteiger partial charge in [-0.15, -0.1) is 0 Å². The normalized spacial score (nSPS) is 35.0. The van der Waals surface area contributed by atoms with E-state index in [-0.39, 0.29) is 17.4 Å². The van der Waals surface area contributed by atoms with Crippen LogP contribution in [0.3, 0.4) is 0 Å². The molecule has 64 valence electrons. The molecule has 0 radical (unpaired) electrons. The number of halogens is 1. The van der Waals surface area contributed by atoms with Gasteiger partial charge in [-0.05, 0) is 13.3 Å². The van der Waals surface area contributed by atoms with Crippen molar-refractivity contribution in [2.75, 3.05) is 13.2 Å². The number of hydrogen-bond acceptors (Lipinski definition) is 3. The summed E-state index contributed by atoms with van der Waals surface area (Å²) in [6.07, 6.45) is 0.683. The van der Waals surface area contributed by atoms with Gasteiger partial charge in [0.1, 0.15) is 5.41 Å². The Hall–Kier alpha value is -0.0900. The van der Waals surface area contributed by atoms with E-state index in [2.05, 4.69) is 15.9 Å². The fourth-order valence-electron chi connectivity index (χ4n) is 0.975. The molecule has 4 heteroatoms. The molecule has 1 rings (SSSR count). The fraction of sp³-hybridized carbons (Fsp3) is 0.857. The Morgan fingerprint density at radius 1 is 1.91 bits per heavy atom. The van der Waals surface area contributed by atoms with E-state index < -0.39 is 5.41 Å². The third-order valence-electron chi connectivity index (χ3n) is 1.95. The summed E-state index contributed by atoms with van der Waals surface area (Å²) in [7, 11) is 0. The van der Waals surface area contributed by atoms with Crippen LogP contribution in [-0.4, -0.2) is 29.1 Å². The van der Waals surface area contributed by atoms with Gasteiger partial charge in [-0.25, -0.2) is 0 Å². The Kier molecular flexibility index (Phi) is 2.54. The summed E-state index contributed by atoms with van der Waals surface area (Å²) in [5.41, 5.74) is -0.629. The average molecular weight is 223 g/mol. The van der Waals surface area contributed by atoms with Crippen molar-refractivity contribution in [3.8, 4) is 0 Å². The maximum absolute atomic E-state index is 11.2. The first-order valence-corrected chi connectivity index (χ1v) is 4.51. The summed E-state index contributed by atoms with van der Waals surface area (Å²) in [5, 5.41) is 8.89. The maximum atomic E-state index is 11.2. The van der Waals surface area contributed by atoms with E-state index in [0.717, 1.165) is 0 Å². The van der Waals surface area contributed by atoms with Crippen molar-refractivity contribution in [1.82, 2.24) is 0 Å². The summed E-state index contributed by atoms with van der Waals surface area (Å²) in [5.74, 6) is -0.288. The van der Waals surface area contributed by atoms with Gasteiger partial charge in [0, 0.05) is 4.83 Å². The van der Waals surface area contributed by atoms with E-state index in [9.17, 15) is 4.79 Å². The highest BCUT2D eigenvalue weighted by Gasteiger charge is 2.59. The van der Waals surface area contributed by atoms with Crippen LogP contribution in [0.4, 0.5) is 0 Å². The van der Waals surface area contributed by atoms with Crippen molar-refractivity contribution in [3.05, 3.63) is 0 Å². The Morgan fingerprint density at radius 2 is 2.45 bits per heavy atom. The second-order valence-corrected chi connectivity index (χ2v) is 3.81. The number of ether oxygens (including phenoxy) is 1. The summed E-state index contributed by atoms with van der Waals surface area (Å²) in [6.45, 7) is 2.01. The topological polar surface area (TPSA) is 46.5 Å². The van der Waals surface area contributed by atoms with Gasteiger partial charge < -0.3 is 9.84 Å². The standard InChI is InChI=1S/C7H11BrO3/c1-2-11-6(10)7(4-9)3-5(7)8/h5,9H,2-4H2,1H3. The number of hydrogen-bond donors (Lipinski definition) is 1. The summed E-state index contributed by atoms with van der Waals surface area (Å²) >= 11 is 3.28. The number of aliphatic hydroxyl groups is 1. The van der Waals surface area contributed by atoms with E-state index in [0.29, 0.717) is 13.0 Å². The lowest BCUT2D eigenvalue weighted by atomic mass is 10.1. The zero-order chi connectivity index (χ0) is 8.48. The largest absolute Gasteiger partial charge is 0.465 e. The number of carbonyl (C=O) groups excluding carboxylic acids is 1. The van der Waals surface area contributed by atoms with E-state index in [1.54, 1.807) is 6.92 Å². The minimum absolute atomic E-state index is 0.0963. The monoisotopic (exact) mass is 222 g/mol. The molecule has 0 aromatic carbocycles. The first-order chi connectivity index (χ1) is 5.17. The minimum Gasteiger partial charge on any atom is -0.465 e. The molecular weight excluding hydrogens is 212 g/mol. The van der Waals surface area contributed by atoms with Crippen LogP contribution in [0, 0.1) is 5.41 Å². The van der Waals surface area contributed by atoms with Gasteiger partial charge in [-0.1, -0.05) is 15.9 Å². The van der Waals surface area contributed by atoms with Crippen LogP contribution in [-0.2, 0) is 9.53 Å². The molecule has 0 aromatic rings. The van der Waals surface area contributed by atoms with Crippen LogP contribution in [0.15, 0.2) is 0 Å². The van der Waals surface area contributed by atoms with Crippen LogP contribution >= 0.6 is 15.9 Å². The Balaban J connectivity index is 2.51. The zero-order valence-electron chi connectivity index (χ0n) is 6.34. The Labute approximate surface area is 73.9 Å². The molecule has 0 heterocycles. The molecule has 1 N–H and O–H groups in total. The first kappa shape index (κ1) is 9.00. The quantitative estimate of drug-likeness (QED) is 0.565. The van der Waals surface area contributed by atoms with Crippen molar-refractivity contribution < 1.29 is 14.6 Å². The lowest BCUT2D eigenvalue weighted by Gasteiger charge is -2.09. The molecule has 0 bridgehead atoms. The lowest BCUT2D eigenvalue weighted by Crippen LogP contribution is -2.25. The third-order valence-corrected chi connectivity index (χ3v) is 3.15. The predicted octanol–water partition coefficient (Wildman–Crippen LogP) is 0.695. The van der Waals surface area contributed by atoms with Crippen molar-refractivity contribution >= 4 is 21.9 Å². The van der Waals surface area contributed by atoms with Crippen molar-refractivity contribution in [2.24, 2.45) is 5.41 Å². The molecule has 0 aliphatic heterocycles. The highest BCUT2D eigenvalue weighted by molar-refractivity contribution is 9.09. The van der Waals surface area contributed by atoms with Crippen molar-refractivity contribution in [2.45, 2.75) is 18.2 Å². The number of rotatable bonds is 3. The van der Waals surface area contributed by atoms with Crippen molar-refractivity contribution in [3.63, 3.8) is 0 Å². The molecule has 11 heavy (non-hydrogen) atoms. The van der Waals surface area contributed by atoms with Gasteiger partial charge in [-0.2, -0.15) is 0 Å². The van der Waals surface area contributed by atoms with E-state index in [4.69, 9.17) is 9.84 Å². The molecule has 3 nitrogen and oxygen atoms in total. The fourth-order valence-corrected chi connectivity index (χ4v) is 1.88. The van der Waals surface area contributed by atoms with E-state index in [1.165, 1.54) is 0 Å². The number of alkyl halides is 1. The van der Waals surface area contributed by atoms with Gasteiger partial charge in [0.25, 0.3) is 0 Å². The molecule has 0 saturated heterocycles. The summed E-state index contributed by atoms with van der Waals surface area (Å²) in [6, 6.07) is 0. The van der Waals surface area contributed by atoms with Crippen molar-refractivity contribution in [1.29, 1.82) is 0 Å². The Bertz CT molecular complexity index is 167. The van der Waals surface area contributed by atoms with E-state index >= 15 is 0 Å². The number of aliphatic hydroxyl groups excluding tert-OH is 1. The number of esters is 1. The zero-order valence-corrected chi connectivity index (χ0v) is 7.93. The van der Waals surface area contributed by atoms with Crippen LogP contribution in [0.2, 0.25) is 0 Å². The van der Waals surface area contributed by atoms with Gasteiger partial charge >= 0.3 is 5.97 Å². The van der Waals surface area contributed by atoms with E-state index in [1.807, 2.05) is 0 Å².